The number of carbonyl (C=O) groups is 1. The van der Waals surface area contributed by atoms with Gasteiger partial charge in [-0.1, -0.05) is 35.0 Å². The first kappa shape index (κ1) is 15.3. The number of hydrogen-bond acceptors (Lipinski definition) is 4. The van der Waals surface area contributed by atoms with Gasteiger partial charge in [0.2, 0.25) is 5.91 Å². The number of halogens is 1. The molecule has 124 valence electrons. The van der Waals surface area contributed by atoms with Crippen molar-refractivity contribution in [2.24, 2.45) is 0 Å². The van der Waals surface area contributed by atoms with E-state index in [4.69, 9.17) is 11.6 Å². The van der Waals surface area contributed by atoms with Crippen LogP contribution in [0, 0.1) is 0 Å². The molecule has 0 aliphatic rings. The molecule has 4 rings (SSSR count). The van der Waals surface area contributed by atoms with Gasteiger partial charge in [0.1, 0.15) is 6.54 Å². The van der Waals surface area contributed by atoms with E-state index in [-0.39, 0.29) is 18.0 Å². The van der Waals surface area contributed by atoms with Crippen LogP contribution in [0.2, 0.25) is 5.02 Å². The quantitative estimate of drug-likeness (QED) is 0.613. The third-order valence-corrected chi connectivity index (χ3v) is 4.06. The molecule has 1 N–H and O–H groups in total. The van der Waals surface area contributed by atoms with Crippen molar-refractivity contribution in [3.8, 4) is 0 Å². The van der Waals surface area contributed by atoms with Crippen molar-refractivity contribution in [1.82, 2.24) is 19.4 Å². The molecule has 0 saturated heterocycles. The highest BCUT2D eigenvalue weighted by molar-refractivity contribution is 6.31. The van der Waals surface area contributed by atoms with E-state index in [2.05, 4.69) is 15.6 Å². The fraction of sp³-hybridized carbons (Fsp3) is 0.0588. The second kappa shape index (κ2) is 6.03. The number of aromatic nitrogens is 4. The van der Waals surface area contributed by atoms with Crippen LogP contribution in [0.3, 0.4) is 0 Å². The molecule has 2 aromatic carbocycles. The maximum Gasteiger partial charge on any atom is 0.262 e. The third-order valence-electron chi connectivity index (χ3n) is 3.83. The normalized spacial score (nSPS) is 11.1. The van der Waals surface area contributed by atoms with Gasteiger partial charge in [0.05, 0.1) is 17.1 Å². The van der Waals surface area contributed by atoms with Gasteiger partial charge >= 0.3 is 0 Å². The third kappa shape index (κ3) is 2.74. The van der Waals surface area contributed by atoms with Gasteiger partial charge in [0.25, 0.3) is 5.56 Å². The van der Waals surface area contributed by atoms with Gasteiger partial charge in [-0.05, 0) is 30.3 Å². The molecule has 1 amide bonds. The van der Waals surface area contributed by atoms with Crippen LogP contribution in [0.1, 0.15) is 0 Å². The second-order valence-corrected chi connectivity index (χ2v) is 5.91. The summed E-state index contributed by atoms with van der Waals surface area (Å²) in [6, 6.07) is 14.0. The van der Waals surface area contributed by atoms with Crippen LogP contribution in [0.5, 0.6) is 0 Å². The number of rotatable bonds is 3. The molecule has 0 aliphatic heterocycles. The van der Waals surface area contributed by atoms with Crippen LogP contribution >= 0.6 is 11.6 Å². The largest absolute Gasteiger partial charge is 0.325 e. The van der Waals surface area contributed by atoms with E-state index in [9.17, 15) is 9.59 Å². The zero-order valence-electron chi connectivity index (χ0n) is 12.9. The molecule has 0 unspecified atom stereocenters. The Kier molecular flexibility index (Phi) is 3.70. The van der Waals surface area contributed by atoms with Gasteiger partial charge in [-0.3, -0.25) is 14.2 Å². The minimum absolute atomic E-state index is 0.160. The van der Waals surface area contributed by atoms with Crippen LogP contribution in [0.15, 0.2) is 59.5 Å². The maximum atomic E-state index is 12.8. The number of nitrogens with one attached hydrogen (secondary N) is 1. The summed E-state index contributed by atoms with van der Waals surface area (Å²) >= 11 is 6.01. The minimum atomic E-state index is -0.324. The average Bonchev–Trinajstić information content (AvgIpc) is 3.09. The summed E-state index contributed by atoms with van der Waals surface area (Å²) < 4.78 is 2.85. The lowest BCUT2D eigenvalue weighted by atomic mass is 10.2. The fourth-order valence-corrected chi connectivity index (χ4v) is 2.89. The SMILES string of the molecule is O=C(Cn1c(=O)c2cc(Cl)ccc2n2nncc12)Nc1ccccc1. The van der Waals surface area contributed by atoms with Crippen molar-refractivity contribution < 1.29 is 4.79 Å². The Balaban J connectivity index is 1.80. The van der Waals surface area contributed by atoms with Gasteiger partial charge in [-0.25, -0.2) is 0 Å². The lowest BCUT2D eigenvalue weighted by Crippen LogP contribution is -2.29. The predicted molar refractivity (Wildman–Crippen MR) is 94.8 cm³/mol. The van der Waals surface area contributed by atoms with E-state index >= 15 is 0 Å². The first-order valence-corrected chi connectivity index (χ1v) is 7.88. The molecule has 0 bridgehead atoms. The number of hydrogen-bond donors (Lipinski definition) is 1. The van der Waals surface area contributed by atoms with E-state index in [1.807, 2.05) is 18.2 Å². The van der Waals surface area contributed by atoms with Crippen molar-refractivity contribution in [2.45, 2.75) is 6.54 Å². The molecule has 2 heterocycles. The number of benzene rings is 2. The molecule has 0 saturated carbocycles. The second-order valence-electron chi connectivity index (χ2n) is 5.47. The van der Waals surface area contributed by atoms with Gasteiger partial charge in [-0.2, -0.15) is 4.52 Å². The van der Waals surface area contributed by atoms with Crippen LogP contribution in [-0.4, -0.2) is 25.3 Å². The zero-order chi connectivity index (χ0) is 17.4. The van der Waals surface area contributed by atoms with E-state index in [1.165, 1.54) is 15.3 Å². The number of nitrogens with zero attached hydrogens (tertiary/aromatic N) is 4. The van der Waals surface area contributed by atoms with E-state index in [1.54, 1.807) is 30.3 Å². The molecule has 2 aromatic heterocycles. The molecule has 0 fully saturated rings. The monoisotopic (exact) mass is 353 g/mol. The molecule has 0 atom stereocenters. The highest BCUT2D eigenvalue weighted by Gasteiger charge is 2.15. The Hall–Kier alpha value is -3.19. The maximum absolute atomic E-state index is 12.8. The first-order chi connectivity index (χ1) is 12.1. The van der Waals surface area contributed by atoms with Gasteiger partial charge in [0.15, 0.2) is 5.65 Å². The standard InChI is InChI=1S/C17H12ClN5O2/c18-11-6-7-14-13(8-11)17(25)22(16-9-19-21-23(14)16)10-15(24)20-12-4-2-1-3-5-12/h1-9H,10H2,(H,20,24). The lowest BCUT2D eigenvalue weighted by molar-refractivity contribution is -0.116. The fourth-order valence-electron chi connectivity index (χ4n) is 2.72. The van der Waals surface area contributed by atoms with E-state index in [0.29, 0.717) is 27.3 Å². The number of anilines is 1. The molecule has 7 nitrogen and oxygen atoms in total. The lowest BCUT2D eigenvalue weighted by Gasteiger charge is -2.11. The molecule has 0 radical (unpaired) electrons. The number of para-hydroxylation sites is 1. The summed E-state index contributed by atoms with van der Waals surface area (Å²) in [6.07, 6.45) is 1.45. The van der Waals surface area contributed by atoms with Gasteiger partial charge in [-0.15, -0.1) is 5.10 Å². The Morgan fingerprint density at radius 3 is 2.76 bits per heavy atom. The van der Waals surface area contributed by atoms with Gasteiger partial charge < -0.3 is 5.32 Å². The predicted octanol–water partition coefficient (Wildman–Crippen LogP) is 2.34. The Bertz CT molecular complexity index is 1150. The number of amides is 1. The molecule has 4 aromatic rings. The molecule has 25 heavy (non-hydrogen) atoms. The highest BCUT2D eigenvalue weighted by Crippen LogP contribution is 2.17. The summed E-state index contributed by atoms with van der Waals surface area (Å²) in [4.78, 5) is 25.2. The first-order valence-electron chi connectivity index (χ1n) is 7.51. The molecular weight excluding hydrogens is 342 g/mol. The Morgan fingerprint density at radius 1 is 1.16 bits per heavy atom. The summed E-state index contributed by atoms with van der Waals surface area (Å²) in [5.41, 5.74) is 1.35. The van der Waals surface area contributed by atoms with Crippen LogP contribution in [0.4, 0.5) is 5.69 Å². The summed E-state index contributed by atoms with van der Waals surface area (Å²) in [5, 5.41) is 11.4. The summed E-state index contributed by atoms with van der Waals surface area (Å²) in [6.45, 7) is -0.160. The molecule has 0 aliphatic carbocycles. The topological polar surface area (TPSA) is 81.3 Å². The van der Waals surface area contributed by atoms with Crippen molar-refractivity contribution in [3.63, 3.8) is 0 Å². The van der Waals surface area contributed by atoms with Crippen LogP contribution in [-0.2, 0) is 11.3 Å². The Morgan fingerprint density at radius 2 is 1.96 bits per heavy atom. The molecule has 0 spiro atoms. The molecule has 8 heteroatoms. The van der Waals surface area contributed by atoms with Crippen LogP contribution in [0.25, 0.3) is 16.6 Å². The van der Waals surface area contributed by atoms with Crippen molar-refractivity contribution in [3.05, 3.63) is 70.1 Å². The average molecular weight is 354 g/mol. The van der Waals surface area contributed by atoms with Crippen LogP contribution < -0.4 is 10.9 Å². The highest BCUT2D eigenvalue weighted by atomic mass is 35.5. The number of carbonyl (C=O) groups excluding carboxylic acids is 1. The van der Waals surface area contributed by atoms with Crippen molar-refractivity contribution in [1.29, 1.82) is 0 Å². The summed E-state index contributed by atoms with van der Waals surface area (Å²) in [7, 11) is 0. The smallest absolute Gasteiger partial charge is 0.262 e. The van der Waals surface area contributed by atoms with Crippen molar-refractivity contribution >= 4 is 39.7 Å². The van der Waals surface area contributed by atoms with Crippen molar-refractivity contribution in [2.75, 3.05) is 5.32 Å². The molecular formula is C17H12ClN5O2. The summed E-state index contributed by atoms with van der Waals surface area (Å²) in [5.74, 6) is -0.322. The zero-order valence-corrected chi connectivity index (χ0v) is 13.6. The van der Waals surface area contributed by atoms with Gasteiger partial charge in [0, 0.05) is 10.7 Å². The van der Waals surface area contributed by atoms with E-state index < -0.39 is 0 Å². The Labute approximate surface area is 146 Å². The number of fused-ring (bicyclic) bond motifs is 3. The minimum Gasteiger partial charge on any atom is -0.325 e. The van der Waals surface area contributed by atoms with E-state index in [0.717, 1.165) is 0 Å².